The number of anilines is 1. The molecular formula is C19H23ClN2O4S. The summed E-state index contributed by atoms with van der Waals surface area (Å²) in [5.74, 6) is -0.370. The van der Waals surface area contributed by atoms with E-state index < -0.39 is 10.0 Å². The van der Waals surface area contributed by atoms with Gasteiger partial charge in [-0.1, -0.05) is 29.3 Å². The molecule has 146 valence electrons. The van der Waals surface area contributed by atoms with Crippen molar-refractivity contribution in [2.75, 3.05) is 25.0 Å². The Morgan fingerprint density at radius 2 is 1.89 bits per heavy atom. The minimum atomic E-state index is -3.95. The number of halogens is 1. The summed E-state index contributed by atoms with van der Waals surface area (Å²) in [4.78, 5) is 12.1. The lowest BCUT2D eigenvalue weighted by molar-refractivity contribution is 0.0948. The van der Waals surface area contributed by atoms with E-state index in [-0.39, 0.29) is 21.4 Å². The summed E-state index contributed by atoms with van der Waals surface area (Å²) in [6.45, 7) is 4.70. The summed E-state index contributed by atoms with van der Waals surface area (Å²) >= 11 is 6.09. The Kier molecular flexibility index (Phi) is 7.24. The van der Waals surface area contributed by atoms with Gasteiger partial charge in [-0.3, -0.25) is 9.52 Å². The summed E-state index contributed by atoms with van der Waals surface area (Å²) in [6.07, 6.45) is 0.662. The highest BCUT2D eigenvalue weighted by Gasteiger charge is 2.21. The van der Waals surface area contributed by atoms with E-state index in [4.69, 9.17) is 16.3 Å². The van der Waals surface area contributed by atoms with Crippen LogP contribution in [0.1, 0.15) is 27.9 Å². The quantitative estimate of drug-likeness (QED) is 0.652. The van der Waals surface area contributed by atoms with Crippen LogP contribution >= 0.6 is 11.6 Å². The Hall–Kier alpha value is -2.09. The molecule has 0 aliphatic carbocycles. The molecule has 0 aliphatic rings. The number of aryl methyl sites for hydroxylation is 2. The molecule has 27 heavy (non-hydrogen) atoms. The lowest BCUT2D eigenvalue weighted by Gasteiger charge is -2.13. The fraction of sp³-hybridized carbons (Fsp3) is 0.316. The zero-order valence-electron chi connectivity index (χ0n) is 15.5. The number of rotatable bonds is 8. The molecule has 0 aromatic heterocycles. The molecule has 0 atom stereocenters. The maximum atomic E-state index is 12.8. The molecule has 0 unspecified atom stereocenters. The Morgan fingerprint density at radius 3 is 2.56 bits per heavy atom. The number of sulfonamides is 1. The first-order valence-electron chi connectivity index (χ1n) is 8.41. The third-order valence-electron chi connectivity index (χ3n) is 3.92. The van der Waals surface area contributed by atoms with E-state index >= 15 is 0 Å². The van der Waals surface area contributed by atoms with Gasteiger partial charge in [0, 0.05) is 25.8 Å². The van der Waals surface area contributed by atoms with Crippen LogP contribution in [0, 0.1) is 13.8 Å². The Labute approximate surface area is 164 Å². The minimum absolute atomic E-state index is 0.0446. The normalized spacial score (nSPS) is 11.3. The largest absolute Gasteiger partial charge is 0.385 e. The van der Waals surface area contributed by atoms with Gasteiger partial charge in [-0.05, 0) is 50.1 Å². The van der Waals surface area contributed by atoms with Crippen LogP contribution in [-0.2, 0) is 14.8 Å². The molecule has 0 heterocycles. The standard InChI is InChI=1S/C19H23ClN2O4S/c1-13-5-8-17(14(2)11-13)22-27(24,25)18-12-15(6-7-16(18)20)19(23)21-9-4-10-26-3/h5-8,11-12,22H,4,9-10H2,1-3H3,(H,21,23). The van der Waals surface area contributed by atoms with Gasteiger partial charge in [0.2, 0.25) is 0 Å². The van der Waals surface area contributed by atoms with Crippen LogP contribution in [0.5, 0.6) is 0 Å². The van der Waals surface area contributed by atoms with E-state index in [0.29, 0.717) is 25.3 Å². The van der Waals surface area contributed by atoms with Gasteiger partial charge in [-0.15, -0.1) is 0 Å². The van der Waals surface area contributed by atoms with E-state index in [1.54, 1.807) is 13.2 Å². The molecule has 2 aromatic rings. The second kappa shape index (κ2) is 9.21. The van der Waals surface area contributed by atoms with Crippen molar-refractivity contribution >= 4 is 33.2 Å². The first-order valence-corrected chi connectivity index (χ1v) is 10.3. The van der Waals surface area contributed by atoms with Crippen LogP contribution < -0.4 is 10.0 Å². The second-order valence-corrected chi connectivity index (χ2v) is 8.23. The van der Waals surface area contributed by atoms with Crippen LogP contribution in [0.2, 0.25) is 5.02 Å². The van der Waals surface area contributed by atoms with Gasteiger partial charge in [-0.25, -0.2) is 8.42 Å². The zero-order chi connectivity index (χ0) is 20.0. The zero-order valence-corrected chi connectivity index (χ0v) is 17.1. The average Bonchev–Trinajstić information content (AvgIpc) is 2.61. The highest BCUT2D eigenvalue weighted by Crippen LogP contribution is 2.26. The topological polar surface area (TPSA) is 84.5 Å². The molecule has 2 rings (SSSR count). The third kappa shape index (κ3) is 5.69. The molecule has 0 saturated carbocycles. The number of hydrogen-bond acceptors (Lipinski definition) is 4. The van der Waals surface area contributed by atoms with Crippen molar-refractivity contribution in [3.63, 3.8) is 0 Å². The monoisotopic (exact) mass is 410 g/mol. The highest BCUT2D eigenvalue weighted by atomic mass is 35.5. The van der Waals surface area contributed by atoms with Crippen molar-refractivity contribution in [1.82, 2.24) is 5.32 Å². The molecule has 0 radical (unpaired) electrons. The predicted molar refractivity (Wildman–Crippen MR) is 107 cm³/mol. The fourth-order valence-electron chi connectivity index (χ4n) is 2.50. The van der Waals surface area contributed by atoms with Gasteiger partial charge in [-0.2, -0.15) is 0 Å². The molecule has 0 bridgehead atoms. The highest BCUT2D eigenvalue weighted by molar-refractivity contribution is 7.92. The van der Waals surface area contributed by atoms with Crippen LogP contribution in [0.25, 0.3) is 0 Å². The molecule has 0 spiro atoms. The third-order valence-corrected chi connectivity index (χ3v) is 5.77. The first kappa shape index (κ1) is 21.2. The molecule has 0 saturated heterocycles. The summed E-state index contributed by atoms with van der Waals surface area (Å²) in [6, 6.07) is 9.56. The Balaban J connectivity index is 2.24. The molecule has 1 amide bonds. The van der Waals surface area contributed by atoms with Gasteiger partial charge < -0.3 is 10.1 Å². The summed E-state index contributed by atoms with van der Waals surface area (Å²) < 4.78 is 33.0. The first-order chi connectivity index (χ1) is 12.7. The van der Waals surface area contributed by atoms with Gasteiger partial charge in [0.25, 0.3) is 15.9 Å². The number of carbonyl (C=O) groups is 1. The predicted octanol–water partition coefficient (Wildman–Crippen LogP) is 3.52. The van der Waals surface area contributed by atoms with E-state index in [2.05, 4.69) is 10.0 Å². The number of ether oxygens (including phenoxy) is 1. The smallest absolute Gasteiger partial charge is 0.263 e. The number of hydrogen-bond donors (Lipinski definition) is 2. The lowest BCUT2D eigenvalue weighted by Crippen LogP contribution is -2.25. The summed E-state index contributed by atoms with van der Waals surface area (Å²) in [7, 11) is -2.36. The van der Waals surface area contributed by atoms with Crippen LogP contribution in [-0.4, -0.2) is 34.6 Å². The fourth-order valence-corrected chi connectivity index (χ4v) is 4.16. The van der Waals surface area contributed by atoms with Crippen LogP contribution in [0.3, 0.4) is 0 Å². The SMILES string of the molecule is COCCCNC(=O)c1ccc(Cl)c(S(=O)(=O)Nc2ccc(C)cc2C)c1. The Morgan fingerprint density at radius 1 is 1.15 bits per heavy atom. The van der Waals surface area contributed by atoms with Crippen molar-refractivity contribution in [3.05, 3.63) is 58.1 Å². The molecule has 6 nitrogen and oxygen atoms in total. The maximum absolute atomic E-state index is 12.8. The van der Waals surface area contributed by atoms with Crippen molar-refractivity contribution in [2.45, 2.75) is 25.2 Å². The molecule has 0 aliphatic heterocycles. The van der Waals surface area contributed by atoms with Gasteiger partial charge >= 0.3 is 0 Å². The minimum Gasteiger partial charge on any atom is -0.385 e. The van der Waals surface area contributed by atoms with E-state index in [9.17, 15) is 13.2 Å². The number of methoxy groups -OCH3 is 1. The number of nitrogens with one attached hydrogen (secondary N) is 2. The van der Waals surface area contributed by atoms with Crippen LogP contribution in [0.15, 0.2) is 41.3 Å². The van der Waals surface area contributed by atoms with Crippen molar-refractivity contribution in [2.24, 2.45) is 0 Å². The van der Waals surface area contributed by atoms with Gasteiger partial charge in [0.15, 0.2) is 0 Å². The summed E-state index contributed by atoms with van der Waals surface area (Å²) in [5.41, 5.74) is 2.51. The number of benzene rings is 2. The number of carbonyl (C=O) groups excluding carboxylic acids is 1. The molecular weight excluding hydrogens is 388 g/mol. The van der Waals surface area contributed by atoms with Crippen molar-refractivity contribution in [1.29, 1.82) is 0 Å². The maximum Gasteiger partial charge on any atom is 0.263 e. The average molecular weight is 411 g/mol. The molecule has 2 N–H and O–H groups in total. The summed E-state index contributed by atoms with van der Waals surface area (Å²) in [5, 5.41) is 2.76. The van der Waals surface area contributed by atoms with Gasteiger partial charge in [0.1, 0.15) is 4.90 Å². The van der Waals surface area contributed by atoms with Crippen molar-refractivity contribution in [3.8, 4) is 0 Å². The van der Waals surface area contributed by atoms with E-state index in [1.165, 1.54) is 18.2 Å². The number of amides is 1. The van der Waals surface area contributed by atoms with E-state index in [1.807, 2.05) is 26.0 Å². The van der Waals surface area contributed by atoms with Gasteiger partial charge in [0.05, 0.1) is 10.7 Å². The second-order valence-electron chi connectivity index (χ2n) is 6.17. The molecule has 8 heteroatoms. The lowest BCUT2D eigenvalue weighted by atomic mass is 10.1. The molecule has 0 fully saturated rings. The van der Waals surface area contributed by atoms with E-state index in [0.717, 1.165) is 11.1 Å². The van der Waals surface area contributed by atoms with Crippen LogP contribution in [0.4, 0.5) is 5.69 Å². The van der Waals surface area contributed by atoms with Crippen molar-refractivity contribution < 1.29 is 17.9 Å². The Bertz CT molecular complexity index is 929. The molecule has 2 aromatic carbocycles.